The molecule has 0 saturated heterocycles. The van der Waals surface area contributed by atoms with Gasteiger partial charge in [-0.2, -0.15) is 0 Å². The number of benzene rings is 1. The van der Waals surface area contributed by atoms with E-state index in [1.54, 1.807) is 12.4 Å². The van der Waals surface area contributed by atoms with Crippen molar-refractivity contribution in [2.45, 2.75) is 0 Å². The molecule has 0 aliphatic rings. The van der Waals surface area contributed by atoms with Crippen LogP contribution in [0.4, 0.5) is 0 Å². The molecule has 0 atom stereocenters. The van der Waals surface area contributed by atoms with Gasteiger partial charge in [-0.1, -0.05) is 30.3 Å². The second kappa shape index (κ2) is 5.20. The van der Waals surface area contributed by atoms with Crippen molar-refractivity contribution in [3.05, 3.63) is 71.3 Å². The van der Waals surface area contributed by atoms with Gasteiger partial charge >= 0.3 is 0 Å². The molecular formula is C17H11N3OS. The molecular weight excluding hydrogens is 294 g/mol. The van der Waals surface area contributed by atoms with E-state index in [4.69, 9.17) is 0 Å². The third kappa shape index (κ3) is 2.21. The Morgan fingerprint density at radius 2 is 1.82 bits per heavy atom. The second-order valence-electron chi connectivity index (χ2n) is 4.85. The van der Waals surface area contributed by atoms with Gasteiger partial charge < -0.3 is 4.98 Å². The van der Waals surface area contributed by atoms with Crippen molar-refractivity contribution in [1.29, 1.82) is 0 Å². The molecule has 0 amide bonds. The third-order valence-electron chi connectivity index (χ3n) is 3.38. The summed E-state index contributed by atoms with van der Waals surface area (Å²) in [5.41, 5.74) is 2.49. The van der Waals surface area contributed by atoms with Gasteiger partial charge in [-0.25, -0.2) is 4.98 Å². The Labute approximate surface area is 130 Å². The SMILES string of the molecule is O=c1[nH]c(-c2cccnc2)nc2cc(-c3ccccc3)sc12. The van der Waals surface area contributed by atoms with E-state index in [0.717, 1.165) is 16.0 Å². The van der Waals surface area contributed by atoms with Gasteiger partial charge in [0, 0.05) is 22.8 Å². The number of nitrogens with zero attached hydrogens (tertiary/aromatic N) is 2. The van der Waals surface area contributed by atoms with Gasteiger partial charge in [0.05, 0.1) is 5.52 Å². The highest BCUT2D eigenvalue weighted by molar-refractivity contribution is 7.22. The van der Waals surface area contributed by atoms with Crippen LogP contribution in [0.25, 0.3) is 32.0 Å². The van der Waals surface area contributed by atoms with Crippen LogP contribution in [0.2, 0.25) is 0 Å². The van der Waals surface area contributed by atoms with Gasteiger partial charge in [0.1, 0.15) is 10.5 Å². The maximum Gasteiger partial charge on any atom is 0.269 e. The molecule has 0 aliphatic carbocycles. The lowest BCUT2D eigenvalue weighted by molar-refractivity contribution is 1.17. The lowest BCUT2D eigenvalue weighted by Crippen LogP contribution is -2.07. The minimum atomic E-state index is -0.115. The summed E-state index contributed by atoms with van der Waals surface area (Å²) in [5.74, 6) is 0.544. The Morgan fingerprint density at radius 1 is 1.00 bits per heavy atom. The molecule has 0 aliphatic heterocycles. The number of pyridine rings is 1. The topological polar surface area (TPSA) is 58.6 Å². The molecule has 106 valence electrons. The zero-order valence-corrected chi connectivity index (χ0v) is 12.3. The number of H-pyrrole nitrogens is 1. The summed E-state index contributed by atoms with van der Waals surface area (Å²) in [4.78, 5) is 24.8. The van der Waals surface area contributed by atoms with Gasteiger partial charge in [0.15, 0.2) is 0 Å². The first-order chi connectivity index (χ1) is 10.8. The molecule has 0 saturated carbocycles. The fraction of sp³-hybridized carbons (Fsp3) is 0. The van der Waals surface area contributed by atoms with E-state index < -0.39 is 0 Å². The molecule has 22 heavy (non-hydrogen) atoms. The van der Waals surface area contributed by atoms with Crippen molar-refractivity contribution in [3.63, 3.8) is 0 Å². The Bertz CT molecular complexity index is 991. The van der Waals surface area contributed by atoms with Crippen molar-refractivity contribution >= 4 is 21.6 Å². The number of rotatable bonds is 2. The largest absolute Gasteiger partial charge is 0.305 e. The number of thiophene rings is 1. The first-order valence-corrected chi connectivity index (χ1v) is 7.62. The van der Waals surface area contributed by atoms with Crippen LogP contribution in [0.15, 0.2) is 65.7 Å². The van der Waals surface area contributed by atoms with Crippen LogP contribution >= 0.6 is 11.3 Å². The van der Waals surface area contributed by atoms with Crippen LogP contribution in [0.3, 0.4) is 0 Å². The summed E-state index contributed by atoms with van der Waals surface area (Å²) in [6.07, 6.45) is 3.38. The number of nitrogens with one attached hydrogen (secondary N) is 1. The first-order valence-electron chi connectivity index (χ1n) is 6.81. The number of aromatic nitrogens is 3. The summed E-state index contributed by atoms with van der Waals surface area (Å²) in [6.45, 7) is 0. The minimum Gasteiger partial charge on any atom is -0.305 e. The number of hydrogen-bond donors (Lipinski definition) is 1. The summed E-state index contributed by atoms with van der Waals surface area (Å²) < 4.78 is 0.645. The number of hydrogen-bond acceptors (Lipinski definition) is 4. The molecule has 4 nitrogen and oxygen atoms in total. The second-order valence-corrected chi connectivity index (χ2v) is 5.90. The molecule has 1 aromatic carbocycles. The zero-order valence-electron chi connectivity index (χ0n) is 11.5. The zero-order chi connectivity index (χ0) is 14.9. The Hall–Kier alpha value is -2.79. The minimum absolute atomic E-state index is 0.115. The monoisotopic (exact) mass is 305 g/mol. The molecule has 3 aromatic heterocycles. The number of aromatic amines is 1. The van der Waals surface area contributed by atoms with Gasteiger partial charge in [-0.3, -0.25) is 9.78 Å². The van der Waals surface area contributed by atoms with Crippen molar-refractivity contribution < 1.29 is 0 Å². The fourth-order valence-electron chi connectivity index (χ4n) is 2.32. The highest BCUT2D eigenvalue weighted by Gasteiger charge is 2.11. The lowest BCUT2D eigenvalue weighted by atomic mass is 10.2. The summed E-state index contributed by atoms with van der Waals surface area (Å²) in [5, 5.41) is 0. The van der Waals surface area contributed by atoms with E-state index in [9.17, 15) is 4.79 Å². The summed E-state index contributed by atoms with van der Waals surface area (Å²) >= 11 is 1.46. The molecule has 1 N–H and O–H groups in total. The van der Waals surface area contributed by atoms with E-state index in [-0.39, 0.29) is 5.56 Å². The third-order valence-corrected chi connectivity index (χ3v) is 4.55. The highest BCUT2D eigenvalue weighted by atomic mass is 32.1. The Kier molecular flexibility index (Phi) is 3.05. The van der Waals surface area contributed by atoms with Crippen molar-refractivity contribution in [2.24, 2.45) is 0 Å². The first kappa shape index (κ1) is 12.9. The van der Waals surface area contributed by atoms with Crippen molar-refractivity contribution in [2.75, 3.05) is 0 Å². The molecule has 4 rings (SSSR count). The van der Waals surface area contributed by atoms with Gasteiger partial charge in [-0.05, 0) is 23.8 Å². The van der Waals surface area contributed by atoms with Crippen LogP contribution in [-0.4, -0.2) is 15.0 Å². The van der Waals surface area contributed by atoms with E-state index in [1.165, 1.54) is 11.3 Å². The van der Waals surface area contributed by atoms with E-state index in [1.807, 2.05) is 48.5 Å². The summed E-state index contributed by atoms with van der Waals surface area (Å²) in [6, 6.07) is 15.7. The van der Waals surface area contributed by atoms with Gasteiger partial charge in [-0.15, -0.1) is 11.3 Å². The quantitative estimate of drug-likeness (QED) is 0.614. The van der Waals surface area contributed by atoms with Crippen LogP contribution < -0.4 is 5.56 Å². The average Bonchev–Trinajstić information content (AvgIpc) is 3.01. The normalized spacial score (nSPS) is 10.9. The summed E-state index contributed by atoms with van der Waals surface area (Å²) in [7, 11) is 0. The van der Waals surface area contributed by atoms with Crippen LogP contribution in [0.5, 0.6) is 0 Å². The maximum atomic E-state index is 12.3. The Balaban J connectivity index is 1.91. The molecule has 5 heteroatoms. The van der Waals surface area contributed by atoms with Crippen LogP contribution in [-0.2, 0) is 0 Å². The molecule has 0 fully saturated rings. The predicted octanol–water partition coefficient (Wildman–Crippen LogP) is 3.71. The molecule has 0 unspecified atom stereocenters. The molecule has 0 radical (unpaired) electrons. The average molecular weight is 305 g/mol. The fourth-order valence-corrected chi connectivity index (χ4v) is 3.32. The molecule has 0 spiro atoms. The van der Waals surface area contributed by atoms with Crippen molar-refractivity contribution in [1.82, 2.24) is 15.0 Å². The molecule has 3 heterocycles. The van der Waals surface area contributed by atoms with Crippen LogP contribution in [0, 0.1) is 0 Å². The van der Waals surface area contributed by atoms with Gasteiger partial charge in [0.2, 0.25) is 0 Å². The predicted molar refractivity (Wildman–Crippen MR) is 88.9 cm³/mol. The highest BCUT2D eigenvalue weighted by Crippen LogP contribution is 2.31. The standard InChI is InChI=1S/C17H11N3OS/c21-17-15-13(9-14(22-15)11-5-2-1-3-6-11)19-16(20-17)12-7-4-8-18-10-12/h1-10H,(H,19,20,21). The van der Waals surface area contributed by atoms with Crippen LogP contribution in [0.1, 0.15) is 0 Å². The molecule has 0 bridgehead atoms. The molecule has 4 aromatic rings. The lowest BCUT2D eigenvalue weighted by Gasteiger charge is -1.99. The van der Waals surface area contributed by atoms with E-state index in [0.29, 0.717) is 16.0 Å². The van der Waals surface area contributed by atoms with Crippen molar-refractivity contribution in [3.8, 4) is 21.8 Å². The van der Waals surface area contributed by atoms with Gasteiger partial charge in [0.25, 0.3) is 5.56 Å². The van der Waals surface area contributed by atoms with E-state index >= 15 is 0 Å². The number of fused-ring (bicyclic) bond motifs is 1. The smallest absolute Gasteiger partial charge is 0.269 e. The Morgan fingerprint density at radius 3 is 2.59 bits per heavy atom. The van der Waals surface area contributed by atoms with E-state index in [2.05, 4.69) is 15.0 Å². The maximum absolute atomic E-state index is 12.3.